The Hall–Kier alpha value is -1.60. The Bertz CT molecular complexity index is 772. The zero-order valence-electron chi connectivity index (χ0n) is 12.5. The number of aromatic nitrogens is 3. The van der Waals surface area contributed by atoms with E-state index in [0.717, 1.165) is 24.3 Å². The topological polar surface area (TPSA) is 77.0 Å². The lowest BCUT2D eigenvalue weighted by Crippen LogP contribution is -2.48. The van der Waals surface area contributed by atoms with E-state index in [9.17, 15) is 9.59 Å². The van der Waals surface area contributed by atoms with Crippen molar-refractivity contribution in [2.45, 2.75) is 31.9 Å². The van der Waals surface area contributed by atoms with E-state index >= 15 is 0 Å². The molecule has 7 heteroatoms. The van der Waals surface area contributed by atoms with E-state index in [-0.39, 0.29) is 12.1 Å². The van der Waals surface area contributed by atoms with Crippen LogP contribution in [0.2, 0.25) is 0 Å². The molecular formula is C15H19N3O3S. The number of pyridine rings is 1. The van der Waals surface area contributed by atoms with Crippen molar-refractivity contribution in [3.63, 3.8) is 0 Å². The number of nitrogens with zero attached hydrogens (tertiary/aromatic N) is 2. The van der Waals surface area contributed by atoms with Crippen LogP contribution in [0, 0.1) is 0 Å². The van der Waals surface area contributed by atoms with E-state index in [0.29, 0.717) is 17.6 Å². The number of ether oxygens (including phenoxy) is 1. The van der Waals surface area contributed by atoms with Crippen LogP contribution in [0.4, 0.5) is 0 Å². The predicted octanol–water partition coefficient (Wildman–Crippen LogP) is 1.39. The molecule has 1 N–H and O–H groups in total. The summed E-state index contributed by atoms with van der Waals surface area (Å²) in [6, 6.07) is 3.38. The highest BCUT2D eigenvalue weighted by Gasteiger charge is 2.34. The van der Waals surface area contributed by atoms with Crippen LogP contribution in [-0.4, -0.2) is 38.2 Å². The molecule has 2 aromatic rings. The fourth-order valence-corrected chi connectivity index (χ4v) is 4.15. The maximum atomic E-state index is 12.6. The highest BCUT2D eigenvalue weighted by atomic mass is 32.2. The molecule has 3 rings (SSSR count). The summed E-state index contributed by atoms with van der Waals surface area (Å²) in [7, 11) is 0. The summed E-state index contributed by atoms with van der Waals surface area (Å²) in [6.45, 7) is 2.80. The fraction of sp³-hybridized carbons (Fsp3) is 0.533. The zero-order valence-corrected chi connectivity index (χ0v) is 13.3. The van der Waals surface area contributed by atoms with Crippen LogP contribution in [0.5, 0.6) is 0 Å². The number of nitrogens with one attached hydrogen (secondary N) is 1. The van der Waals surface area contributed by atoms with Crippen molar-refractivity contribution in [3.05, 3.63) is 39.2 Å². The van der Waals surface area contributed by atoms with Gasteiger partial charge in [0.15, 0.2) is 5.52 Å². The first-order chi connectivity index (χ1) is 10.7. The van der Waals surface area contributed by atoms with Crippen LogP contribution in [0.1, 0.15) is 19.8 Å². The molecule has 3 heterocycles. The number of aromatic amines is 1. The van der Waals surface area contributed by atoms with Gasteiger partial charge in [0, 0.05) is 12.8 Å². The molecule has 1 fully saturated rings. The number of hydrogen-bond acceptors (Lipinski definition) is 5. The van der Waals surface area contributed by atoms with Crippen molar-refractivity contribution in [2.24, 2.45) is 0 Å². The summed E-state index contributed by atoms with van der Waals surface area (Å²) < 4.78 is 7.19. The monoisotopic (exact) mass is 321 g/mol. The highest BCUT2D eigenvalue weighted by molar-refractivity contribution is 7.99. The molecule has 0 unspecified atom stereocenters. The van der Waals surface area contributed by atoms with Crippen LogP contribution >= 0.6 is 11.8 Å². The highest BCUT2D eigenvalue weighted by Crippen LogP contribution is 2.31. The molecule has 6 nitrogen and oxygen atoms in total. The number of H-pyrrole nitrogens is 1. The van der Waals surface area contributed by atoms with Crippen molar-refractivity contribution in [1.29, 1.82) is 0 Å². The Labute approximate surface area is 131 Å². The third-order valence-electron chi connectivity index (χ3n) is 4.04. The standard InChI is InChI=1S/C15H19N3O3S/c1-2-21-15(5-8-22-9-6-15)10-18-13(19)12-11(17-14(18)20)4-3-7-16-12/h3-4,7H,2,5-6,8-10H2,1H3,(H,17,20). The SMILES string of the molecule is CCOC1(Cn2c(=O)[nH]c3cccnc3c2=O)CCSCC1. The molecule has 1 aliphatic heterocycles. The first-order valence-electron chi connectivity index (χ1n) is 7.45. The number of fused-ring (bicyclic) bond motifs is 1. The molecule has 0 atom stereocenters. The van der Waals surface area contributed by atoms with Gasteiger partial charge in [-0.25, -0.2) is 9.78 Å². The van der Waals surface area contributed by atoms with Gasteiger partial charge in [-0.05, 0) is 43.4 Å². The van der Waals surface area contributed by atoms with Crippen molar-refractivity contribution in [2.75, 3.05) is 18.1 Å². The zero-order chi connectivity index (χ0) is 15.6. The van der Waals surface area contributed by atoms with Gasteiger partial charge < -0.3 is 9.72 Å². The van der Waals surface area contributed by atoms with Crippen LogP contribution in [0.3, 0.4) is 0 Å². The lowest BCUT2D eigenvalue weighted by atomic mass is 9.96. The Kier molecular flexibility index (Phi) is 4.35. The predicted molar refractivity (Wildman–Crippen MR) is 87.5 cm³/mol. The minimum atomic E-state index is -0.431. The third-order valence-corrected chi connectivity index (χ3v) is 5.03. The molecule has 2 aromatic heterocycles. The summed E-state index contributed by atoms with van der Waals surface area (Å²) in [5, 5.41) is 0. The van der Waals surface area contributed by atoms with Crippen molar-refractivity contribution in [1.82, 2.24) is 14.5 Å². The first-order valence-corrected chi connectivity index (χ1v) is 8.60. The summed E-state index contributed by atoms with van der Waals surface area (Å²) in [6.07, 6.45) is 3.25. The maximum Gasteiger partial charge on any atom is 0.329 e. The lowest BCUT2D eigenvalue weighted by Gasteiger charge is -2.36. The van der Waals surface area contributed by atoms with Crippen LogP contribution < -0.4 is 11.2 Å². The molecule has 0 aromatic carbocycles. The Morgan fingerprint density at radius 3 is 2.91 bits per heavy atom. The smallest absolute Gasteiger partial charge is 0.329 e. The van der Waals surface area contributed by atoms with Crippen LogP contribution in [0.25, 0.3) is 11.0 Å². The average molecular weight is 321 g/mol. The van der Waals surface area contributed by atoms with Gasteiger partial charge >= 0.3 is 5.69 Å². The largest absolute Gasteiger partial charge is 0.373 e. The van der Waals surface area contributed by atoms with Gasteiger partial charge in [-0.2, -0.15) is 11.8 Å². The molecular weight excluding hydrogens is 302 g/mol. The Morgan fingerprint density at radius 2 is 2.18 bits per heavy atom. The minimum absolute atomic E-state index is 0.280. The number of thioether (sulfide) groups is 1. The molecule has 1 saturated heterocycles. The normalized spacial score (nSPS) is 17.7. The average Bonchev–Trinajstić information content (AvgIpc) is 2.53. The van der Waals surface area contributed by atoms with Gasteiger partial charge in [-0.15, -0.1) is 0 Å². The quantitative estimate of drug-likeness (QED) is 0.921. The van der Waals surface area contributed by atoms with Gasteiger partial charge in [0.1, 0.15) is 0 Å². The number of rotatable bonds is 4. The second-order valence-corrected chi connectivity index (χ2v) is 6.67. The Morgan fingerprint density at radius 1 is 1.41 bits per heavy atom. The van der Waals surface area contributed by atoms with E-state index in [2.05, 4.69) is 9.97 Å². The summed E-state index contributed by atoms with van der Waals surface area (Å²) in [5.41, 5.74) is -0.420. The Balaban J connectivity index is 2.05. The van der Waals surface area contributed by atoms with Gasteiger partial charge in [0.25, 0.3) is 5.56 Å². The third kappa shape index (κ3) is 2.83. The van der Waals surface area contributed by atoms with E-state index in [4.69, 9.17) is 4.74 Å². The summed E-state index contributed by atoms with van der Waals surface area (Å²) in [4.78, 5) is 31.7. The van der Waals surface area contributed by atoms with E-state index in [1.165, 1.54) is 4.57 Å². The molecule has 0 bridgehead atoms. The maximum absolute atomic E-state index is 12.6. The van der Waals surface area contributed by atoms with Crippen LogP contribution in [0.15, 0.2) is 27.9 Å². The van der Waals surface area contributed by atoms with Gasteiger partial charge in [0.2, 0.25) is 0 Å². The van der Waals surface area contributed by atoms with Gasteiger partial charge in [-0.1, -0.05) is 0 Å². The fourth-order valence-electron chi connectivity index (χ4n) is 2.91. The van der Waals surface area contributed by atoms with Crippen LogP contribution in [-0.2, 0) is 11.3 Å². The van der Waals surface area contributed by atoms with Gasteiger partial charge in [-0.3, -0.25) is 9.36 Å². The van der Waals surface area contributed by atoms with Crippen molar-refractivity contribution in [3.8, 4) is 0 Å². The molecule has 0 amide bonds. The molecule has 0 spiro atoms. The second kappa shape index (κ2) is 6.26. The molecule has 0 aliphatic carbocycles. The molecule has 0 saturated carbocycles. The molecule has 1 aliphatic rings. The summed E-state index contributed by atoms with van der Waals surface area (Å²) in [5.74, 6) is 1.97. The van der Waals surface area contributed by atoms with Crippen molar-refractivity contribution >= 4 is 22.8 Å². The van der Waals surface area contributed by atoms with E-state index in [1.54, 1.807) is 18.3 Å². The van der Waals surface area contributed by atoms with Crippen molar-refractivity contribution < 1.29 is 4.74 Å². The molecule has 0 radical (unpaired) electrons. The molecule has 118 valence electrons. The summed E-state index contributed by atoms with van der Waals surface area (Å²) >= 11 is 1.88. The first kappa shape index (κ1) is 15.3. The van der Waals surface area contributed by atoms with E-state index < -0.39 is 11.3 Å². The van der Waals surface area contributed by atoms with Gasteiger partial charge in [0.05, 0.1) is 17.7 Å². The van der Waals surface area contributed by atoms with E-state index in [1.807, 2.05) is 18.7 Å². The molecule has 22 heavy (non-hydrogen) atoms. The minimum Gasteiger partial charge on any atom is -0.373 e. The lowest BCUT2D eigenvalue weighted by molar-refractivity contribution is -0.0586. The second-order valence-electron chi connectivity index (χ2n) is 5.45. The number of hydrogen-bond donors (Lipinski definition) is 1.